The fourth-order valence-electron chi connectivity index (χ4n) is 1.70. The van der Waals surface area contributed by atoms with Gasteiger partial charge in [0.2, 0.25) is 0 Å². The Balaban J connectivity index is 3.23. The lowest BCUT2D eigenvalue weighted by atomic mass is 10.0. The normalized spacial score (nSPS) is 10.1. The standard InChI is InChI=1S/C13H17NO3/c1-4-14(5-2)12(15)11-8-9(3)6-7-10(11)13(16)17/h6-8H,4-5H2,1-3H3,(H,16,17). The third kappa shape index (κ3) is 2.84. The number of carbonyl (C=O) groups excluding carboxylic acids is 1. The number of carbonyl (C=O) groups is 2. The first-order valence-corrected chi connectivity index (χ1v) is 5.64. The zero-order chi connectivity index (χ0) is 13.0. The van der Waals surface area contributed by atoms with E-state index in [2.05, 4.69) is 0 Å². The summed E-state index contributed by atoms with van der Waals surface area (Å²) < 4.78 is 0. The molecular formula is C13H17NO3. The lowest BCUT2D eigenvalue weighted by Gasteiger charge is -2.19. The van der Waals surface area contributed by atoms with E-state index in [1.807, 2.05) is 20.8 Å². The van der Waals surface area contributed by atoms with Gasteiger partial charge in [0, 0.05) is 13.1 Å². The van der Waals surface area contributed by atoms with Gasteiger partial charge in [-0.1, -0.05) is 11.6 Å². The number of hydrogen-bond acceptors (Lipinski definition) is 2. The second-order valence-corrected chi connectivity index (χ2v) is 3.83. The first kappa shape index (κ1) is 13.2. The Morgan fingerprint density at radius 2 is 1.76 bits per heavy atom. The Morgan fingerprint density at radius 3 is 2.24 bits per heavy atom. The first-order chi connectivity index (χ1) is 8.01. The molecule has 0 aliphatic carbocycles. The minimum absolute atomic E-state index is 0.0625. The second kappa shape index (κ2) is 5.48. The van der Waals surface area contributed by atoms with E-state index in [0.29, 0.717) is 13.1 Å². The summed E-state index contributed by atoms with van der Waals surface area (Å²) in [4.78, 5) is 24.8. The molecular weight excluding hydrogens is 218 g/mol. The Morgan fingerprint density at radius 1 is 1.18 bits per heavy atom. The number of aryl methyl sites for hydroxylation is 1. The van der Waals surface area contributed by atoms with Crippen LogP contribution in [-0.4, -0.2) is 35.0 Å². The van der Waals surface area contributed by atoms with Crippen LogP contribution in [0.1, 0.15) is 40.1 Å². The fourth-order valence-corrected chi connectivity index (χ4v) is 1.70. The smallest absolute Gasteiger partial charge is 0.336 e. The van der Waals surface area contributed by atoms with Crippen LogP contribution in [0.25, 0.3) is 0 Å². The molecule has 0 atom stereocenters. The van der Waals surface area contributed by atoms with Crippen LogP contribution in [0.4, 0.5) is 0 Å². The van der Waals surface area contributed by atoms with Crippen LogP contribution in [0, 0.1) is 6.92 Å². The minimum atomic E-state index is -1.07. The highest BCUT2D eigenvalue weighted by atomic mass is 16.4. The van der Waals surface area contributed by atoms with Crippen molar-refractivity contribution in [3.8, 4) is 0 Å². The number of carboxylic acids is 1. The van der Waals surface area contributed by atoms with Crippen molar-refractivity contribution >= 4 is 11.9 Å². The molecule has 0 bridgehead atoms. The molecule has 4 heteroatoms. The van der Waals surface area contributed by atoms with Crippen molar-refractivity contribution < 1.29 is 14.7 Å². The molecule has 0 spiro atoms. The van der Waals surface area contributed by atoms with Gasteiger partial charge in [0.05, 0.1) is 11.1 Å². The minimum Gasteiger partial charge on any atom is -0.478 e. The number of benzene rings is 1. The molecule has 1 aromatic carbocycles. The molecule has 0 saturated heterocycles. The summed E-state index contributed by atoms with van der Waals surface area (Å²) in [6.45, 7) is 6.73. The van der Waals surface area contributed by atoms with Crippen molar-refractivity contribution in [1.29, 1.82) is 0 Å². The van der Waals surface area contributed by atoms with Gasteiger partial charge in [-0.05, 0) is 32.9 Å². The number of rotatable bonds is 4. The summed E-state index contributed by atoms with van der Waals surface area (Å²) in [5, 5.41) is 9.06. The Hall–Kier alpha value is -1.84. The molecule has 1 aromatic rings. The van der Waals surface area contributed by atoms with Gasteiger partial charge in [-0.15, -0.1) is 0 Å². The van der Waals surface area contributed by atoms with Gasteiger partial charge in [0.1, 0.15) is 0 Å². The fraction of sp³-hybridized carbons (Fsp3) is 0.385. The van der Waals surface area contributed by atoms with E-state index < -0.39 is 5.97 Å². The van der Waals surface area contributed by atoms with Gasteiger partial charge < -0.3 is 10.0 Å². The van der Waals surface area contributed by atoms with Gasteiger partial charge in [0.25, 0.3) is 5.91 Å². The van der Waals surface area contributed by atoms with E-state index >= 15 is 0 Å². The van der Waals surface area contributed by atoms with Gasteiger partial charge in [-0.25, -0.2) is 4.79 Å². The van der Waals surface area contributed by atoms with E-state index in [0.717, 1.165) is 5.56 Å². The summed E-state index contributed by atoms with van der Waals surface area (Å²) >= 11 is 0. The van der Waals surface area contributed by atoms with Crippen LogP contribution in [0.15, 0.2) is 18.2 Å². The van der Waals surface area contributed by atoms with E-state index in [4.69, 9.17) is 5.11 Å². The summed E-state index contributed by atoms with van der Waals surface area (Å²) in [5.41, 5.74) is 1.21. The van der Waals surface area contributed by atoms with Crippen molar-refractivity contribution in [2.45, 2.75) is 20.8 Å². The van der Waals surface area contributed by atoms with Crippen molar-refractivity contribution in [2.75, 3.05) is 13.1 Å². The highest BCUT2D eigenvalue weighted by Gasteiger charge is 2.19. The molecule has 4 nitrogen and oxygen atoms in total. The molecule has 1 rings (SSSR count). The van der Waals surface area contributed by atoms with E-state index in [9.17, 15) is 9.59 Å². The maximum Gasteiger partial charge on any atom is 0.336 e. The molecule has 0 saturated carbocycles. The SMILES string of the molecule is CCN(CC)C(=O)c1cc(C)ccc1C(=O)O. The number of hydrogen-bond donors (Lipinski definition) is 1. The molecule has 92 valence electrons. The highest BCUT2D eigenvalue weighted by Crippen LogP contribution is 2.14. The second-order valence-electron chi connectivity index (χ2n) is 3.83. The molecule has 17 heavy (non-hydrogen) atoms. The zero-order valence-electron chi connectivity index (χ0n) is 10.4. The van der Waals surface area contributed by atoms with Crippen LogP contribution in [0.3, 0.4) is 0 Å². The van der Waals surface area contributed by atoms with Crippen molar-refractivity contribution in [3.63, 3.8) is 0 Å². The van der Waals surface area contributed by atoms with Crippen LogP contribution in [0.2, 0.25) is 0 Å². The molecule has 1 N–H and O–H groups in total. The van der Waals surface area contributed by atoms with E-state index in [1.54, 1.807) is 17.0 Å². The third-order valence-corrected chi connectivity index (χ3v) is 2.69. The Kier molecular flexibility index (Phi) is 4.26. The summed E-state index contributed by atoms with van der Waals surface area (Å²) in [6, 6.07) is 4.81. The van der Waals surface area contributed by atoms with Gasteiger partial charge in [-0.3, -0.25) is 4.79 Å². The van der Waals surface area contributed by atoms with Crippen molar-refractivity contribution in [2.24, 2.45) is 0 Å². The Bertz CT molecular complexity index is 436. The molecule has 0 aliphatic rings. The monoisotopic (exact) mass is 235 g/mol. The largest absolute Gasteiger partial charge is 0.478 e. The molecule has 0 aliphatic heterocycles. The first-order valence-electron chi connectivity index (χ1n) is 5.64. The summed E-state index contributed by atoms with van der Waals surface area (Å²) in [7, 11) is 0. The average Bonchev–Trinajstić information content (AvgIpc) is 2.29. The van der Waals surface area contributed by atoms with Crippen LogP contribution < -0.4 is 0 Å². The van der Waals surface area contributed by atoms with Gasteiger partial charge >= 0.3 is 5.97 Å². The van der Waals surface area contributed by atoms with Gasteiger partial charge in [0.15, 0.2) is 0 Å². The average molecular weight is 235 g/mol. The van der Waals surface area contributed by atoms with Crippen molar-refractivity contribution in [3.05, 3.63) is 34.9 Å². The van der Waals surface area contributed by atoms with Crippen LogP contribution in [-0.2, 0) is 0 Å². The topological polar surface area (TPSA) is 57.6 Å². The predicted octanol–water partition coefficient (Wildman–Crippen LogP) is 2.18. The van der Waals surface area contributed by atoms with Gasteiger partial charge in [-0.2, -0.15) is 0 Å². The Labute approximate surface area is 101 Å². The number of amides is 1. The maximum absolute atomic E-state index is 12.1. The quantitative estimate of drug-likeness (QED) is 0.870. The highest BCUT2D eigenvalue weighted by molar-refractivity contribution is 6.04. The number of nitrogens with zero attached hydrogens (tertiary/aromatic N) is 1. The maximum atomic E-state index is 12.1. The third-order valence-electron chi connectivity index (χ3n) is 2.69. The lowest BCUT2D eigenvalue weighted by molar-refractivity contribution is 0.0678. The molecule has 0 fully saturated rings. The van der Waals surface area contributed by atoms with Crippen LogP contribution in [0.5, 0.6) is 0 Å². The van der Waals surface area contributed by atoms with E-state index in [1.165, 1.54) is 6.07 Å². The van der Waals surface area contributed by atoms with Crippen molar-refractivity contribution in [1.82, 2.24) is 4.90 Å². The zero-order valence-corrected chi connectivity index (χ0v) is 10.4. The summed E-state index contributed by atoms with van der Waals surface area (Å²) in [6.07, 6.45) is 0. The molecule has 0 radical (unpaired) electrons. The number of carboxylic acid groups (broad SMARTS) is 1. The van der Waals surface area contributed by atoms with Crippen LogP contribution >= 0.6 is 0 Å². The number of aromatic carboxylic acids is 1. The molecule has 0 aromatic heterocycles. The molecule has 0 unspecified atom stereocenters. The summed E-state index contributed by atoms with van der Waals surface area (Å²) in [5.74, 6) is -1.29. The van der Waals surface area contributed by atoms with E-state index in [-0.39, 0.29) is 17.0 Å². The predicted molar refractivity (Wildman–Crippen MR) is 65.4 cm³/mol. The lowest BCUT2D eigenvalue weighted by Crippen LogP contribution is -2.31. The molecule has 1 amide bonds. The molecule has 0 heterocycles.